The van der Waals surface area contributed by atoms with Gasteiger partial charge in [-0.2, -0.15) is 0 Å². The van der Waals surface area contributed by atoms with Crippen molar-refractivity contribution in [3.63, 3.8) is 0 Å². The number of nitrogen functional groups attached to an aromatic ring is 1. The number of β-lactam (4-membered cyclic amide) rings is 1. The van der Waals surface area contributed by atoms with Crippen molar-refractivity contribution in [1.82, 2.24) is 25.2 Å². The molecule has 48 heavy (non-hydrogen) atoms. The van der Waals surface area contributed by atoms with Crippen LogP contribution in [0.3, 0.4) is 0 Å². The summed E-state index contributed by atoms with van der Waals surface area (Å²) in [5.41, 5.74) is 5.88. The van der Waals surface area contributed by atoms with Crippen LogP contribution >= 0.6 is 34.7 Å². The van der Waals surface area contributed by atoms with Crippen LogP contribution in [0.4, 0.5) is 9.93 Å². The van der Waals surface area contributed by atoms with Crippen molar-refractivity contribution in [1.29, 1.82) is 0 Å². The molecule has 7 N–H and O–H groups in total. The molecular formula is C27H26ClN7O11S2. The number of thiazole rings is 1. The first-order valence-electron chi connectivity index (χ1n) is 14.3. The predicted molar refractivity (Wildman–Crippen MR) is 166 cm³/mol. The van der Waals surface area contributed by atoms with E-state index in [4.69, 9.17) is 22.2 Å². The van der Waals surface area contributed by atoms with Gasteiger partial charge in [-0.1, -0.05) is 28.5 Å². The molecule has 4 aliphatic rings. The smallest absolute Gasteiger partial charge is 0.350 e. The van der Waals surface area contributed by atoms with Crippen LogP contribution in [0.25, 0.3) is 0 Å². The molecule has 3 saturated heterocycles. The number of benzene rings is 1. The van der Waals surface area contributed by atoms with Crippen molar-refractivity contribution in [3.8, 4) is 11.5 Å². The van der Waals surface area contributed by atoms with E-state index < -0.39 is 86.8 Å². The predicted octanol–water partition coefficient (Wildman–Crippen LogP) is 0.872. The van der Waals surface area contributed by atoms with Crippen LogP contribution in [0, 0.1) is 5.92 Å². The Balaban J connectivity index is 1.17. The molecule has 3 atom stereocenters. The van der Waals surface area contributed by atoms with E-state index in [1.165, 1.54) is 10.3 Å². The number of Topliss-reactive ketones (excluding diaryl/α,β-unsaturated/α-hetero) is 1. The number of rotatable bonds is 11. The van der Waals surface area contributed by atoms with E-state index in [1.807, 2.05) is 0 Å². The number of hydrazine groups is 1. The number of aromatic nitrogens is 1. The van der Waals surface area contributed by atoms with Crippen molar-refractivity contribution in [2.75, 3.05) is 25.4 Å². The number of nitrogens with one attached hydrogen (secondary N) is 1. The van der Waals surface area contributed by atoms with Gasteiger partial charge in [0.15, 0.2) is 28.1 Å². The first-order chi connectivity index (χ1) is 22.7. The zero-order chi connectivity index (χ0) is 34.7. The molecule has 3 aliphatic heterocycles. The van der Waals surface area contributed by atoms with Crippen LogP contribution in [0.1, 0.15) is 41.7 Å². The van der Waals surface area contributed by atoms with Gasteiger partial charge < -0.3 is 35.9 Å². The number of aromatic hydroxyl groups is 2. The minimum atomic E-state index is -1.97. The average Bonchev–Trinajstić information content (AvgIpc) is 3.71. The second-order valence-electron chi connectivity index (χ2n) is 11.4. The van der Waals surface area contributed by atoms with Crippen molar-refractivity contribution in [2.45, 2.75) is 41.5 Å². The van der Waals surface area contributed by atoms with Crippen LogP contribution in [-0.4, -0.2) is 117 Å². The largest absolute Gasteiger partial charge is 0.504 e. The average molecular weight is 724 g/mol. The number of anilines is 1. The van der Waals surface area contributed by atoms with E-state index in [9.17, 15) is 49.2 Å². The Hall–Kier alpha value is -4.82. The Labute approximate surface area is 283 Å². The fraction of sp³-hybridized carbons (Fsp3) is 0.407. The number of carboxylic acids is 2. The lowest BCUT2D eigenvalue weighted by Gasteiger charge is -2.41. The number of phenolic OH excluding ortho intramolecular Hbond substituents is 2. The number of phenols is 2. The highest BCUT2D eigenvalue weighted by Crippen LogP contribution is 2.53. The molecule has 0 bridgehead atoms. The SMILES string of the molecule is Nc1nc(/C(=N/OC2(C(=O)O)CCC2)C(=O)C[C@@H]2C(=O)N3C[C@@](C(=O)O)(N4CCN(NC(=O)c5ccc(O)c(O)c5Cl)C4=O)S[C@H]23)cs1. The second-order valence-corrected chi connectivity index (χ2v) is 14.0. The molecule has 0 unspecified atom stereocenters. The van der Waals surface area contributed by atoms with E-state index >= 15 is 0 Å². The Morgan fingerprint density at radius 1 is 1.15 bits per heavy atom. The van der Waals surface area contributed by atoms with Crippen LogP contribution in [-0.2, 0) is 24.0 Å². The fourth-order valence-corrected chi connectivity index (χ4v) is 8.23. The quantitative estimate of drug-likeness (QED) is 0.0813. The second kappa shape index (κ2) is 12.0. The normalized spacial score (nSPS) is 24.5. The van der Waals surface area contributed by atoms with Crippen molar-refractivity contribution in [2.24, 2.45) is 11.1 Å². The highest BCUT2D eigenvalue weighted by Gasteiger charge is 2.66. The van der Waals surface area contributed by atoms with Gasteiger partial charge >= 0.3 is 18.0 Å². The summed E-state index contributed by atoms with van der Waals surface area (Å²) in [5, 5.41) is 44.4. The van der Waals surface area contributed by atoms with Gasteiger partial charge in [-0.3, -0.25) is 24.7 Å². The zero-order valence-electron chi connectivity index (χ0n) is 24.5. The summed E-state index contributed by atoms with van der Waals surface area (Å²) in [5.74, 6) is -7.15. The number of thioether (sulfide) groups is 1. The lowest BCUT2D eigenvalue weighted by Crippen LogP contribution is -2.60. The van der Waals surface area contributed by atoms with E-state index in [0.29, 0.717) is 6.42 Å². The van der Waals surface area contributed by atoms with E-state index in [2.05, 4.69) is 15.6 Å². The van der Waals surface area contributed by atoms with Gasteiger partial charge in [0, 0.05) is 31.2 Å². The lowest BCUT2D eigenvalue weighted by atomic mass is 9.80. The molecule has 1 saturated carbocycles. The highest BCUT2D eigenvalue weighted by atomic mass is 35.5. The molecule has 4 fully saturated rings. The van der Waals surface area contributed by atoms with Gasteiger partial charge in [0.05, 0.1) is 35.0 Å². The van der Waals surface area contributed by atoms with Crippen molar-refractivity contribution < 1.29 is 54.0 Å². The Morgan fingerprint density at radius 2 is 1.88 bits per heavy atom. The number of ketones is 1. The van der Waals surface area contributed by atoms with E-state index in [-0.39, 0.29) is 48.0 Å². The molecule has 254 valence electrons. The maximum atomic E-state index is 13.5. The van der Waals surface area contributed by atoms with Gasteiger partial charge in [-0.15, -0.1) is 11.3 Å². The zero-order valence-corrected chi connectivity index (χ0v) is 26.9. The number of urea groups is 1. The number of oxime groups is 1. The number of carboxylic acid groups (broad SMARTS) is 2. The molecule has 2 aromatic rings. The highest BCUT2D eigenvalue weighted by molar-refractivity contribution is 8.02. The first kappa shape index (κ1) is 33.1. The summed E-state index contributed by atoms with van der Waals surface area (Å²) in [6.07, 6.45) is 0.511. The summed E-state index contributed by atoms with van der Waals surface area (Å²) in [6.45, 7) is -0.701. The molecule has 1 aliphatic carbocycles. The molecule has 0 spiro atoms. The molecule has 0 radical (unpaired) electrons. The van der Waals surface area contributed by atoms with E-state index in [1.54, 1.807) is 0 Å². The molecule has 6 rings (SSSR count). The van der Waals surface area contributed by atoms with Crippen LogP contribution in [0.15, 0.2) is 22.7 Å². The van der Waals surface area contributed by atoms with Crippen LogP contribution < -0.4 is 11.2 Å². The number of hydrogen-bond acceptors (Lipinski definition) is 14. The standard InChI is InChI=1S/C27H26ClN7O11S2/c28-16-11(2-3-14(36)18(16)38)19(39)31-35-7-6-34(25(35)45)27(23(43)44)10-33-20(40)12(21(33)48-27)8-15(37)17(13-9-47-24(29)30-13)32-46-26(22(41)42)4-1-5-26/h2-3,9,12,21,36,38H,1,4-8,10H2,(H2,29,30)(H,31,39)(H,41,42)(H,43,44)/b32-17-/t12-,21-,27-/m1/s1. The molecular weight excluding hydrogens is 698 g/mol. The fourth-order valence-electron chi connectivity index (χ4n) is 5.74. The van der Waals surface area contributed by atoms with Gasteiger partial charge in [-0.25, -0.2) is 24.4 Å². The molecule has 4 amide bonds. The van der Waals surface area contributed by atoms with Gasteiger partial charge in [0.25, 0.3) is 5.91 Å². The Morgan fingerprint density at radius 3 is 2.48 bits per heavy atom. The third-order valence-corrected chi connectivity index (χ3v) is 11.4. The third kappa shape index (κ3) is 5.28. The Bertz CT molecular complexity index is 1800. The van der Waals surface area contributed by atoms with Crippen molar-refractivity contribution >= 4 is 81.1 Å². The number of hydrogen-bond donors (Lipinski definition) is 6. The van der Waals surface area contributed by atoms with Crippen LogP contribution in [0.5, 0.6) is 11.5 Å². The number of nitrogens with two attached hydrogens (primary N) is 1. The topological polar surface area (TPSA) is 266 Å². The molecule has 4 heterocycles. The number of fused-ring (bicyclic) bond motifs is 1. The monoisotopic (exact) mass is 723 g/mol. The van der Waals surface area contributed by atoms with E-state index in [0.717, 1.165) is 45.1 Å². The minimum Gasteiger partial charge on any atom is -0.504 e. The summed E-state index contributed by atoms with van der Waals surface area (Å²) >= 11 is 7.76. The number of carbonyl (C=O) groups excluding carboxylic acids is 4. The summed E-state index contributed by atoms with van der Waals surface area (Å²) in [6, 6.07) is 1.26. The van der Waals surface area contributed by atoms with Gasteiger partial charge in [-0.05, 0) is 18.6 Å². The lowest BCUT2D eigenvalue weighted by molar-refractivity contribution is -0.178. The third-order valence-electron chi connectivity index (χ3n) is 8.60. The maximum Gasteiger partial charge on any atom is 0.350 e. The first-order valence-corrected chi connectivity index (χ1v) is 16.4. The number of nitrogens with zero attached hydrogens (tertiary/aromatic N) is 5. The molecule has 1 aromatic carbocycles. The van der Waals surface area contributed by atoms with Crippen molar-refractivity contribution in [3.05, 3.63) is 33.8 Å². The summed E-state index contributed by atoms with van der Waals surface area (Å²) in [4.78, 5) is 87.2. The number of carbonyl (C=O) groups is 6. The number of amides is 4. The van der Waals surface area contributed by atoms with Crippen LogP contribution in [0.2, 0.25) is 5.02 Å². The number of aliphatic carboxylic acids is 2. The Kier molecular flexibility index (Phi) is 8.28. The molecule has 18 nitrogen and oxygen atoms in total. The van der Waals surface area contributed by atoms with Gasteiger partial charge in [0.2, 0.25) is 16.4 Å². The minimum absolute atomic E-state index is 0.0264. The molecule has 21 heteroatoms. The summed E-state index contributed by atoms with van der Waals surface area (Å²) in [7, 11) is 0. The summed E-state index contributed by atoms with van der Waals surface area (Å²) < 4.78 is 0. The molecule has 1 aromatic heterocycles. The van der Waals surface area contributed by atoms with Gasteiger partial charge in [0.1, 0.15) is 5.69 Å². The number of halogens is 1. The maximum absolute atomic E-state index is 13.5.